The van der Waals surface area contributed by atoms with Gasteiger partial charge in [-0.15, -0.1) is 0 Å². The van der Waals surface area contributed by atoms with E-state index in [0.29, 0.717) is 32.5 Å². The standard InChI is InChI=1S/C25H18ClFN2O4S/c26-18-5-9-20(10-6-18)28-23(30)15-33-21-11-3-16(4-12-21)13-22-24(31)29(25(32)34-22)14-17-1-7-19(27)8-2-17/h1-13H,14-15H2,(H,28,30)/b22-13-. The average Bonchev–Trinajstić information content (AvgIpc) is 3.09. The summed E-state index contributed by atoms with van der Waals surface area (Å²) >= 11 is 6.67. The normalized spacial score (nSPS) is 14.5. The van der Waals surface area contributed by atoms with Crippen LogP contribution in [0.15, 0.2) is 77.7 Å². The maximum Gasteiger partial charge on any atom is 0.293 e. The predicted octanol–water partition coefficient (Wildman–Crippen LogP) is 5.73. The van der Waals surface area contributed by atoms with Gasteiger partial charge in [0.15, 0.2) is 6.61 Å². The van der Waals surface area contributed by atoms with Crippen molar-refractivity contribution in [2.24, 2.45) is 0 Å². The highest BCUT2D eigenvalue weighted by Crippen LogP contribution is 2.33. The molecule has 3 aromatic carbocycles. The van der Waals surface area contributed by atoms with Crippen molar-refractivity contribution in [3.8, 4) is 5.75 Å². The van der Waals surface area contributed by atoms with Gasteiger partial charge >= 0.3 is 0 Å². The van der Waals surface area contributed by atoms with Crippen molar-refractivity contribution in [2.45, 2.75) is 6.54 Å². The van der Waals surface area contributed by atoms with E-state index in [1.54, 1.807) is 54.6 Å². The molecule has 4 rings (SSSR count). The van der Waals surface area contributed by atoms with Crippen LogP contribution in [-0.4, -0.2) is 28.6 Å². The minimum absolute atomic E-state index is 0.0765. The molecule has 1 fully saturated rings. The van der Waals surface area contributed by atoms with E-state index in [2.05, 4.69) is 5.32 Å². The number of imide groups is 1. The Bertz CT molecular complexity index is 1250. The van der Waals surface area contributed by atoms with Crippen molar-refractivity contribution >= 4 is 52.2 Å². The SMILES string of the molecule is O=C(COc1ccc(/C=C2\SC(=O)N(Cc3ccc(F)cc3)C2=O)cc1)Nc1ccc(Cl)cc1. The summed E-state index contributed by atoms with van der Waals surface area (Å²) in [6.45, 7) is -0.0998. The van der Waals surface area contributed by atoms with Gasteiger partial charge in [0.25, 0.3) is 17.1 Å². The lowest BCUT2D eigenvalue weighted by Crippen LogP contribution is -2.27. The van der Waals surface area contributed by atoms with E-state index in [-0.39, 0.29) is 30.1 Å². The Hall–Kier alpha value is -3.62. The number of carbonyl (C=O) groups is 3. The first-order chi connectivity index (χ1) is 16.4. The number of anilines is 1. The molecule has 0 unspecified atom stereocenters. The molecule has 172 valence electrons. The highest BCUT2D eigenvalue weighted by Gasteiger charge is 2.34. The molecule has 3 aromatic rings. The fraction of sp³-hybridized carbons (Fsp3) is 0.0800. The fourth-order valence-corrected chi connectivity index (χ4v) is 4.06. The molecule has 1 aliphatic heterocycles. The van der Waals surface area contributed by atoms with Crippen LogP contribution in [0.1, 0.15) is 11.1 Å². The third kappa shape index (κ3) is 6.03. The molecule has 0 saturated carbocycles. The van der Waals surface area contributed by atoms with Crippen LogP contribution in [0.5, 0.6) is 5.75 Å². The lowest BCUT2D eigenvalue weighted by molar-refractivity contribution is -0.123. The lowest BCUT2D eigenvalue weighted by atomic mass is 10.2. The van der Waals surface area contributed by atoms with Gasteiger partial charge in [-0.1, -0.05) is 35.9 Å². The van der Waals surface area contributed by atoms with Gasteiger partial charge in [0.05, 0.1) is 11.4 Å². The number of nitrogens with one attached hydrogen (secondary N) is 1. The summed E-state index contributed by atoms with van der Waals surface area (Å²) < 4.78 is 18.6. The highest BCUT2D eigenvalue weighted by molar-refractivity contribution is 8.18. The van der Waals surface area contributed by atoms with Crippen LogP contribution in [0.2, 0.25) is 5.02 Å². The first kappa shape index (κ1) is 23.5. The number of rotatable bonds is 7. The van der Waals surface area contributed by atoms with Crippen LogP contribution < -0.4 is 10.1 Å². The van der Waals surface area contributed by atoms with Gasteiger partial charge in [0.2, 0.25) is 0 Å². The lowest BCUT2D eigenvalue weighted by Gasteiger charge is -2.12. The second kappa shape index (κ2) is 10.5. The van der Waals surface area contributed by atoms with Crippen molar-refractivity contribution in [1.29, 1.82) is 0 Å². The molecule has 34 heavy (non-hydrogen) atoms. The van der Waals surface area contributed by atoms with Crippen molar-refractivity contribution in [3.05, 3.63) is 99.7 Å². The zero-order chi connectivity index (χ0) is 24.1. The maximum absolute atomic E-state index is 13.1. The van der Waals surface area contributed by atoms with Gasteiger partial charge in [-0.25, -0.2) is 4.39 Å². The summed E-state index contributed by atoms with van der Waals surface area (Å²) in [5, 5.41) is 2.90. The predicted molar refractivity (Wildman–Crippen MR) is 130 cm³/mol. The van der Waals surface area contributed by atoms with Crippen molar-refractivity contribution in [1.82, 2.24) is 4.90 Å². The van der Waals surface area contributed by atoms with Gasteiger partial charge in [0, 0.05) is 10.7 Å². The van der Waals surface area contributed by atoms with E-state index < -0.39 is 5.91 Å². The minimum atomic E-state index is -0.404. The summed E-state index contributed by atoms with van der Waals surface area (Å²) in [4.78, 5) is 38.4. The summed E-state index contributed by atoms with van der Waals surface area (Å²) in [5.41, 5.74) is 1.97. The molecule has 0 atom stereocenters. The van der Waals surface area contributed by atoms with Crippen LogP contribution in [-0.2, 0) is 16.1 Å². The molecule has 0 bridgehead atoms. The molecule has 6 nitrogen and oxygen atoms in total. The largest absolute Gasteiger partial charge is 0.484 e. The number of hydrogen-bond donors (Lipinski definition) is 1. The van der Waals surface area contributed by atoms with Crippen molar-refractivity contribution in [3.63, 3.8) is 0 Å². The molecule has 3 amide bonds. The Morgan fingerprint density at radius 3 is 2.35 bits per heavy atom. The number of nitrogens with zero attached hydrogens (tertiary/aromatic N) is 1. The summed E-state index contributed by atoms with van der Waals surface area (Å²) in [6, 6.07) is 19.2. The van der Waals surface area contributed by atoms with Crippen LogP contribution in [0.4, 0.5) is 14.9 Å². The minimum Gasteiger partial charge on any atom is -0.484 e. The van der Waals surface area contributed by atoms with Crippen molar-refractivity contribution < 1.29 is 23.5 Å². The molecule has 1 aliphatic rings. The van der Waals surface area contributed by atoms with Gasteiger partial charge < -0.3 is 10.1 Å². The third-order valence-electron chi connectivity index (χ3n) is 4.80. The van der Waals surface area contributed by atoms with Gasteiger partial charge in [0.1, 0.15) is 11.6 Å². The highest BCUT2D eigenvalue weighted by atomic mass is 35.5. The number of amides is 3. The maximum atomic E-state index is 13.1. The quantitative estimate of drug-likeness (QED) is 0.422. The first-order valence-electron chi connectivity index (χ1n) is 10.2. The number of benzene rings is 3. The molecule has 1 saturated heterocycles. The van der Waals surface area contributed by atoms with E-state index in [4.69, 9.17) is 16.3 Å². The van der Waals surface area contributed by atoms with Gasteiger partial charge in [-0.3, -0.25) is 19.3 Å². The number of thioether (sulfide) groups is 1. The Labute approximate surface area is 204 Å². The van der Waals surface area contributed by atoms with Crippen LogP contribution >= 0.6 is 23.4 Å². The van der Waals surface area contributed by atoms with Crippen LogP contribution in [0, 0.1) is 5.82 Å². The zero-order valence-corrected chi connectivity index (χ0v) is 19.2. The molecule has 0 aliphatic carbocycles. The van der Waals surface area contributed by atoms with E-state index in [0.717, 1.165) is 16.7 Å². The fourth-order valence-electron chi connectivity index (χ4n) is 3.10. The smallest absolute Gasteiger partial charge is 0.293 e. The second-order valence-electron chi connectivity index (χ2n) is 7.31. The summed E-state index contributed by atoms with van der Waals surface area (Å²) in [5.74, 6) is -0.625. The second-order valence-corrected chi connectivity index (χ2v) is 8.74. The van der Waals surface area contributed by atoms with Crippen molar-refractivity contribution in [2.75, 3.05) is 11.9 Å². The number of carbonyl (C=O) groups excluding carboxylic acids is 3. The zero-order valence-electron chi connectivity index (χ0n) is 17.7. The van der Waals surface area contributed by atoms with E-state index in [1.165, 1.54) is 24.3 Å². The molecule has 1 heterocycles. The van der Waals surface area contributed by atoms with Crippen LogP contribution in [0.25, 0.3) is 6.08 Å². The van der Waals surface area contributed by atoms with E-state index in [9.17, 15) is 18.8 Å². The molecule has 0 spiro atoms. The Morgan fingerprint density at radius 1 is 1.00 bits per heavy atom. The average molecular weight is 497 g/mol. The van der Waals surface area contributed by atoms with E-state index in [1.807, 2.05) is 0 Å². The summed E-state index contributed by atoms with van der Waals surface area (Å²) in [6.07, 6.45) is 1.62. The molecule has 9 heteroatoms. The number of hydrogen-bond acceptors (Lipinski definition) is 5. The van der Waals surface area contributed by atoms with Crippen LogP contribution in [0.3, 0.4) is 0 Å². The monoisotopic (exact) mass is 496 g/mol. The topological polar surface area (TPSA) is 75.7 Å². The molecular formula is C25H18ClFN2O4S. The third-order valence-corrected chi connectivity index (χ3v) is 5.96. The van der Waals surface area contributed by atoms with Gasteiger partial charge in [-0.2, -0.15) is 0 Å². The van der Waals surface area contributed by atoms with Gasteiger partial charge in [-0.05, 0) is 77.5 Å². The van der Waals surface area contributed by atoms with E-state index >= 15 is 0 Å². The molecule has 0 radical (unpaired) electrons. The Balaban J connectivity index is 1.33. The number of halogens is 2. The molecule has 0 aromatic heterocycles. The first-order valence-corrected chi connectivity index (χ1v) is 11.3. The number of ether oxygens (including phenoxy) is 1. The Morgan fingerprint density at radius 2 is 1.68 bits per heavy atom. The summed E-state index contributed by atoms with van der Waals surface area (Å²) in [7, 11) is 0. The molecule has 1 N–H and O–H groups in total. The Kier molecular flexibility index (Phi) is 7.30. The molecular weight excluding hydrogens is 479 g/mol.